The van der Waals surface area contributed by atoms with E-state index < -0.39 is 0 Å². The third-order valence-corrected chi connectivity index (χ3v) is 1.30. The van der Waals surface area contributed by atoms with Crippen LogP contribution in [0.15, 0.2) is 12.2 Å². The van der Waals surface area contributed by atoms with Gasteiger partial charge in [0.05, 0.1) is 0 Å². The summed E-state index contributed by atoms with van der Waals surface area (Å²) in [5.74, 6) is -0.00231. The molecule has 1 aliphatic rings. The number of hydrogen-bond donors (Lipinski definition) is 1. The molecular weight excluding hydrogens is 114 g/mol. The first-order valence-electron chi connectivity index (χ1n) is 3.16. The Hall–Kier alpha value is -0.790. The fourth-order valence-electron chi connectivity index (χ4n) is 0.536. The van der Waals surface area contributed by atoms with Crippen LogP contribution in [-0.2, 0) is 4.79 Å². The minimum absolute atomic E-state index is 0.00231. The predicted octanol–water partition coefficient (Wildman–Crippen LogP) is 0.841. The van der Waals surface area contributed by atoms with Gasteiger partial charge in [-0.2, -0.15) is 0 Å². The van der Waals surface area contributed by atoms with Crippen molar-refractivity contribution in [3.05, 3.63) is 12.2 Å². The number of hydrogen-bond acceptors (Lipinski definition) is 1. The number of nitrogens with one attached hydrogen (secondary N) is 1. The summed E-state index contributed by atoms with van der Waals surface area (Å²) in [5, 5.41) is 2.81. The highest BCUT2D eigenvalue weighted by atomic mass is 16.1. The van der Waals surface area contributed by atoms with Crippen LogP contribution in [0.5, 0.6) is 0 Å². The molecule has 0 unspecified atom stereocenters. The van der Waals surface area contributed by atoms with Crippen LogP contribution in [0, 0.1) is 0 Å². The lowest BCUT2D eigenvalue weighted by Crippen LogP contribution is -2.25. The molecule has 50 valence electrons. The van der Waals surface area contributed by atoms with Gasteiger partial charge in [-0.15, -0.1) is 0 Å². The average Bonchev–Trinajstić information content (AvgIpc) is 2.50. The van der Waals surface area contributed by atoms with E-state index in [-0.39, 0.29) is 5.91 Å². The summed E-state index contributed by atoms with van der Waals surface area (Å²) in [6, 6.07) is 0.453. The van der Waals surface area contributed by atoms with E-state index in [1.165, 1.54) is 0 Å². The van der Waals surface area contributed by atoms with Crippen molar-refractivity contribution in [3.8, 4) is 0 Å². The van der Waals surface area contributed by atoms with Crippen LogP contribution >= 0.6 is 0 Å². The molecule has 9 heavy (non-hydrogen) atoms. The van der Waals surface area contributed by atoms with E-state index in [2.05, 4.69) is 11.9 Å². The number of amides is 1. The average molecular weight is 125 g/mol. The topological polar surface area (TPSA) is 29.1 Å². The molecule has 0 aromatic carbocycles. The van der Waals surface area contributed by atoms with E-state index in [1.807, 2.05) is 0 Å². The zero-order valence-electron chi connectivity index (χ0n) is 5.61. The molecule has 0 radical (unpaired) electrons. The van der Waals surface area contributed by atoms with Gasteiger partial charge in [-0.05, 0) is 19.8 Å². The second kappa shape index (κ2) is 2.21. The molecule has 0 atom stereocenters. The van der Waals surface area contributed by atoms with Crippen molar-refractivity contribution in [1.82, 2.24) is 5.32 Å². The number of carbonyl (C=O) groups excluding carboxylic acids is 1. The smallest absolute Gasteiger partial charge is 0.246 e. The lowest BCUT2D eigenvalue weighted by molar-refractivity contribution is -0.117. The maximum absolute atomic E-state index is 10.8. The van der Waals surface area contributed by atoms with Gasteiger partial charge in [0, 0.05) is 11.6 Å². The maximum atomic E-state index is 10.8. The molecule has 1 rings (SSSR count). The van der Waals surface area contributed by atoms with Gasteiger partial charge in [-0.3, -0.25) is 4.79 Å². The summed E-state index contributed by atoms with van der Waals surface area (Å²) >= 11 is 0. The molecule has 0 heterocycles. The fraction of sp³-hybridized carbons (Fsp3) is 0.571. The van der Waals surface area contributed by atoms with Crippen LogP contribution < -0.4 is 5.32 Å². The summed E-state index contributed by atoms with van der Waals surface area (Å²) in [6.45, 7) is 5.24. The van der Waals surface area contributed by atoms with Crippen LogP contribution in [0.25, 0.3) is 0 Å². The Kier molecular flexibility index (Phi) is 1.56. The van der Waals surface area contributed by atoms with Crippen LogP contribution in [-0.4, -0.2) is 11.9 Å². The van der Waals surface area contributed by atoms with Crippen LogP contribution in [0.4, 0.5) is 0 Å². The Morgan fingerprint density at radius 1 is 1.67 bits per heavy atom. The Labute approximate surface area is 54.9 Å². The highest BCUT2D eigenvalue weighted by Crippen LogP contribution is 2.18. The van der Waals surface area contributed by atoms with E-state index in [0.29, 0.717) is 11.6 Å². The normalized spacial score (nSPS) is 17.0. The van der Waals surface area contributed by atoms with E-state index in [1.54, 1.807) is 6.92 Å². The van der Waals surface area contributed by atoms with Crippen LogP contribution in [0.1, 0.15) is 19.8 Å². The molecule has 0 bridgehead atoms. The highest BCUT2D eigenvalue weighted by Gasteiger charge is 2.22. The minimum Gasteiger partial charge on any atom is -0.350 e. The summed E-state index contributed by atoms with van der Waals surface area (Å²) in [7, 11) is 0. The lowest BCUT2D eigenvalue weighted by atomic mass is 10.3. The van der Waals surface area contributed by atoms with Crippen molar-refractivity contribution in [1.29, 1.82) is 0 Å². The van der Waals surface area contributed by atoms with Crippen molar-refractivity contribution in [2.24, 2.45) is 0 Å². The molecule has 0 saturated heterocycles. The van der Waals surface area contributed by atoms with Gasteiger partial charge in [0.2, 0.25) is 5.91 Å². The monoisotopic (exact) mass is 125 g/mol. The van der Waals surface area contributed by atoms with E-state index in [0.717, 1.165) is 12.8 Å². The largest absolute Gasteiger partial charge is 0.350 e. The highest BCUT2D eigenvalue weighted by molar-refractivity contribution is 5.92. The second-order valence-electron chi connectivity index (χ2n) is 2.53. The van der Waals surface area contributed by atoms with Gasteiger partial charge in [0.1, 0.15) is 0 Å². The quantitative estimate of drug-likeness (QED) is 0.544. The minimum atomic E-state index is -0.00231. The third-order valence-electron chi connectivity index (χ3n) is 1.30. The van der Waals surface area contributed by atoms with E-state index in [4.69, 9.17) is 0 Å². The Morgan fingerprint density at radius 2 is 2.22 bits per heavy atom. The molecule has 1 fully saturated rings. The summed E-state index contributed by atoms with van der Waals surface area (Å²) in [5.41, 5.74) is 0.599. The fourth-order valence-corrected chi connectivity index (χ4v) is 0.536. The molecule has 1 saturated carbocycles. The van der Waals surface area contributed by atoms with Crippen molar-refractivity contribution in [3.63, 3.8) is 0 Å². The SMILES string of the molecule is C=C(C)C(=O)NC1CC1. The first kappa shape index (κ1) is 6.33. The van der Waals surface area contributed by atoms with Crippen LogP contribution in [0.2, 0.25) is 0 Å². The Morgan fingerprint density at radius 3 is 2.56 bits per heavy atom. The molecule has 0 spiro atoms. The molecule has 1 N–H and O–H groups in total. The van der Waals surface area contributed by atoms with E-state index >= 15 is 0 Å². The van der Waals surface area contributed by atoms with Gasteiger partial charge < -0.3 is 5.32 Å². The zero-order valence-corrected chi connectivity index (χ0v) is 5.61. The van der Waals surface area contributed by atoms with Gasteiger partial charge in [0.25, 0.3) is 0 Å². The summed E-state index contributed by atoms with van der Waals surface area (Å²) < 4.78 is 0. The van der Waals surface area contributed by atoms with Crippen molar-refractivity contribution in [2.75, 3.05) is 0 Å². The summed E-state index contributed by atoms with van der Waals surface area (Å²) in [4.78, 5) is 10.8. The van der Waals surface area contributed by atoms with Crippen molar-refractivity contribution >= 4 is 5.91 Å². The van der Waals surface area contributed by atoms with Gasteiger partial charge in [0.15, 0.2) is 0 Å². The first-order valence-corrected chi connectivity index (χ1v) is 3.16. The van der Waals surface area contributed by atoms with Gasteiger partial charge in [-0.1, -0.05) is 6.58 Å². The number of rotatable bonds is 2. The standard InChI is InChI=1S/C7H11NO/c1-5(2)7(9)8-6-3-4-6/h6H,1,3-4H2,2H3,(H,8,9). The van der Waals surface area contributed by atoms with Crippen molar-refractivity contribution < 1.29 is 4.79 Å². The first-order chi connectivity index (χ1) is 4.20. The third kappa shape index (κ3) is 1.88. The summed E-state index contributed by atoms with van der Waals surface area (Å²) in [6.07, 6.45) is 2.28. The second-order valence-corrected chi connectivity index (χ2v) is 2.53. The number of carbonyl (C=O) groups is 1. The predicted molar refractivity (Wildman–Crippen MR) is 36.0 cm³/mol. The zero-order chi connectivity index (χ0) is 6.85. The lowest BCUT2D eigenvalue weighted by Gasteiger charge is -1.99. The van der Waals surface area contributed by atoms with Crippen molar-refractivity contribution in [2.45, 2.75) is 25.8 Å². The molecule has 0 aromatic heterocycles. The van der Waals surface area contributed by atoms with E-state index in [9.17, 15) is 4.79 Å². The molecule has 2 heteroatoms. The van der Waals surface area contributed by atoms with Gasteiger partial charge >= 0.3 is 0 Å². The molecule has 2 nitrogen and oxygen atoms in total. The molecule has 1 amide bonds. The molecular formula is C7H11NO. The van der Waals surface area contributed by atoms with Gasteiger partial charge in [-0.25, -0.2) is 0 Å². The maximum Gasteiger partial charge on any atom is 0.246 e. The molecule has 0 aromatic rings. The van der Waals surface area contributed by atoms with Crippen LogP contribution in [0.3, 0.4) is 0 Å². The molecule has 0 aliphatic heterocycles. The Balaban J connectivity index is 2.25. The Bertz CT molecular complexity index is 147. The molecule has 1 aliphatic carbocycles.